The summed E-state index contributed by atoms with van der Waals surface area (Å²) in [6, 6.07) is 13.5. The number of ether oxygens (including phenoxy) is 1. The summed E-state index contributed by atoms with van der Waals surface area (Å²) in [6.45, 7) is 2.56. The van der Waals surface area contributed by atoms with Crippen LogP contribution in [0.5, 0.6) is 0 Å². The first-order valence-electron chi connectivity index (χ1n) is 9.47. The van der Waals surface area contributed by atoms with Crippen LogP contribution >= 0.6 is 0 Å². The molecular weight excluding hydrogens is 388 g/mol. The van der Waals surface area contributed by atoms with Gasteiger partial charge in [0.15, 0.2) is 0 Å². The summed E-state index contributed by atoms with van der Waals surface area (Å²) in [5.41, 5.74) is 0.662. The third-order valence-electron chi connectivity index (χ3n) is 4.88. The molecule has 2 heterocycles. The number of aromatic nitrogens is 2. The van der Waals surface area contributed by atoms with Crippen molar-refractivity contribution in [3.05, 3.63) is 64.6 Å². The zero-order valence-corrected chi connectivity index (χ0v) is 16.0. The third-order valence-corrected chi connectivity index (χ3v) is 4.88. The van der Waals surface area contributed by atoms with Crippen LogP contribution in [0.25, 0.3) is 10.8 Å². The molecular formula is C21H19N4O5-. The average molecular weight is 407 g/mol. The zero-order chi connectivity index (χ0) is 21.1. The number of carbonyl (C=O) groups excluding carboxylic acids is 2. The maximum atomic E-state index is 12.6. The van der Waals surface area contributed by atoms with Crippen LogP contribution in [0.15, 0.2) is 53.3 Å². The summed E-state index contributed by atoms with van der Waals surface area (Å²) in [5.74, 6) is -2.01. The molecule has 9 heteroatoms. The smallest absolute Gasteiger partial charge is 0.275 e. The lowest BCUT2D eigenvalue weighted by Crippen LogP contribution is -2.36. The summed E-state index contributed by atoms with van der Waals surface area (Å²) in [4.78, 5) is 38.6. The van der Waals surface area contributed by atoms with Gasteiger partial charge in [0, 0.05) is 29.9 Å². The van der Waals surface area contributed by atoms with Crippen LogP contribution in [0.1, 0.15) is 10.5 Å². The van der Waals surface area contributed by atoms with E-state index in [2.05, 4.69) is 15.3 Å². The number of fused-ring (bicyclic) bond motifs is 1. The normalized spacial score (nSPS) is 13.9. The van der Waals surface area contributed by atoms with E-state index in [1.807, 2.05) is 12.1 Å². The standard InChI is InChI=1S/C21H20N4O5/c26-18(22-14-5-7-15(8-6-14)24-9-11-30-12-10-24)13-25-20(27)17-4-2-1-3-16(17)19(23-25)21(28)29/h1-8H,9-13H2,(H,22,26)(H,28,29)/p-1. The van der Waals surface area contributed by atoms with Gasteiger partial charge in [0.2, 0.25) is 5.91 Å². The van der Waals surface area contributed by atoms with Gasteiger partial charge in [0.25, 0.3) is 5.56 Å². The lowest BCUT2D eigenvalue weighted by Gasteiger charge is -2.28. The lowest BCUT2D eigenvalue weighted by molar-refractivity contribution is -0.255. The monoisotopic (exact) mass is 407 g/mol. The van der Waals surface area contributed by atoms with Gasteiger partial charge in [-0.2, -0.15) is 5.10 Å². The van der Waals surface area contributed by atoms with E-state index in [9.17, 15) is 19.5 Å². The summed E-state index contributed by atoms with van der Waals surface area (Å²) in [6.07, 6.45) is 0. The highest BCUT2D eigenvalue weighted by Gasteiger charge is 2.14. The van der Waals surface area contributed by atoms with E-state index in [0.717, 1.165) is 23.5 Å². The van der Waals surface area contributed by atoms with E-state index in [1.54, 1.807) is 24.3 Å². The molecule has 0 atom stereocenters. The lowest BCUT2D eigenvalue weighted by atomic mass is 10.1. The number of hydrogen-bond acceptors (Lipinski definition) is 7. The molecule has 0 spiro atoms. The number of nitrogens with zero attached hydrogens (tertiary/aromatic N) is 3. The zero-order valence-electron chi connectivity index (χ0n) is 16.0. The molecule has 9 nitrogen and oxygen atoms in total. The van der Waals surface area contributed by atoms with E-state index in [4.69, 9.17) is 4.74 Å². The van der Waals surface area contributed by atoms with Crippen molar-refractivity contribution in [2.24, 2.45) is 0 Å². The van der Waals surface area contributed by atoms with Gasteiger partial charge in [-0.05, 0) is 30.3 Å². The van der Waals surface area contributed by atoms with Crippen LogP contribution in [0.3, 0.4) is 0 Å². The quantitative estimate of drug-likeness (QED) is 0.644. The molecule has 3 aromatic rings. The molecule has 1 saturated heterocycles. The van der Waals surface area contributed by atoms with Crippen LogP contribution in [0.4, 0.5) is 11.4 Å². The topological polar surface area (TPSA) is 117 Å². The SMILES string of the molecule is O=C(Cn1nc(C(=O)[O-])c2ccccc2c1=O)Nc1ccc(N2CCOCC2)cc1. The second kappa shape index (κ2) is 8.34. The van der Waals surface area contributed by atoms with Crippen molar-refractivity contribution in [3.63, 3.8) is 0 Å². The van der Waals surface area contributed by atoms with Gasteiger partial charge in [-0.15, -0.1) is 0 Å². The minimum atomic E-state index is -1.51. The Bertz CT molecular complexity index is 1150. The minimum absolute atomic E-state index is 0.161. The van der Waals surface area contributed by atoms with Crippen LogP contribution in [-0.2, 0) is 16.1 Å². The second-order valence-electron chi connectivity index (χ2n) is 6.84. The van der Waals surface area contributed by atoms with Crippen molar-refractivity contribution in [1.29, 1.82) is 0 Å². The highest BCUT2D eigenvalue weighted by atomic mass is 16.5. The van der Waals surface area contributed by atoms with Crippen LogP contribution < -0.4 is 20.9 Å². The highest BCUT2D eigenvalue weighted by Crippen LogP contribution is 2.19. The molecule has 1 amide bonds. The summed E-state index contributed by atoms with van der Waals surface area (Å²) in [7, 11) is 0. The summed E-state index contributed by atoms with van der Waals surface area (Å²) >= 11 is 0. The van der Waals surface area contributed by atoms with E-state index < -0.39 is 24.0 Å². The average Bonchev–Trinajstić information content (AvgIpc) is 2.76. The molecule has 1 aliphatic heterocycles. The maximum Gasteiger partial charge on any atom is 0.275 e. The molecule has 0 unspecified atom stereocenters. The van der Waals surface area contributed by atoms with Crippen LogP contribution in [0, 0.1) is 0 Å². The Kier molecular flexibility index (Phi) is 5.44. The van der Waals surface area contributed by atoms with Gasteiger partial charge >= 0.3 is 0 Å². The Morgan fingerprint density at radius 2 is 1.70 bits per heavy atom. The number of carbonyl (C=O) groups is 2. The van der Waals surface area contributed by atoms with Crippen molar-refractivity contribution in [2.45, 2.75) is 6.54 Å². The Hall–Kier alpha value is -3.72. The Balaban J connectivity index is 1.51. The number of carboxylic acid groups (broad SMARTS) is 1. The molecule has 0 aliphatic carbocycles. The van der Waals surface area contributed by atoms with Crippen LogP contribution in [0.2, 0.25) is 0 Å². The first kappa shape index (κ1) is 19.6. The van der Waals surface area contributed by atoms with E-state index >= 15 is 0 Å². The Morgan fingerprint density at radius 1 is 1.03 bits per heavy atom. The fourth-order valence-electron chi connectivity index (χ4n) is 3.41. The number of nitrogens with one attached hydrogen (secondary N) is 1. The Labute approximate surface area is 171 Å². The molecule has 1 aliphatic rings. The molecule has 154 valence electrons. The van der Waals surface area contributed by atoms with Gasteiger partial charge < -0.3 is 24.9 Å². The number of carboxylic acids is 1. The van der Waals surface area contributed by atoms with Gasteiger partial charge in [0.1, 0.15) is 12.2 Å². The predicted molar refractivity (Wildman–Crippen MR) is 108 cm³/mol. The number of rotatable bonds is 5. The largest absolute Gasteiger partial charge is 0.543 e. The van der Waals surface area contributed by atoms with Gasteiger partial charge in [0.05, 0.1) is 24.6 Å². The highest BCUT2D eigenvalue weighted by molar-refractivity contribution is 6.00. The Morgan fingerprint density at radius 3 is 2.37 bits per heavy atom. The number of hydrogen-bond donors (Lipinski definition) is 1. The molecule has 0 saturated carbocycles. The molecule has 1 aromatic heterocycles. The van der Waals surface area contributed by atoms with Gasteiger partial charge in [-0.1, -0.05) is 18.2 Å². The van der Waals surface area contributed by atoms with Crippen molar-refractivity contribution in [1.82, 2.24) is 9.78 Å². The number of amides is 1. The summed E-state index contributed by atoms with van der Waals surface area (Å²) in [5, 5.41) is 18.3. The van der Waals surface area contributed by atoms with E-state index in [0.29, 0.717) is 18.9 Å². The number of benzene rings is 2. The molecule has 4 rings (SSSR count). The van der Waals surface area contributed by atoms with Gasteiger partial charge in [-0.3, -0.25) is 9.59 Å². The number of morpholine rings is 1. The molecule has 1 fully saturated rings. The third kappa shape index (κ3) is 4.01. The second-order valence-corrected chi connectivity index (χ2v) is 6.84. The number of anilines is 2. The molecule has 2 aromatic carbocycles. The minimum Gasteiger partial charge on any atom is -0.543 e. The number of aromatic carboxylic acids is 1. The maximum absolute atomic E-state index is 12.6. The van der Waals surface area contributed by atoms with Crippen molar-refractivity contribution in [2.75, 3.05) is 36.5 Å². The molecule has 0 radical (unpaired) electrons. The summed E-state index contributed by atoms with van der Waals surface area (Å²) < 4.78 is 6.18. The van der Waals surface area contributed by atoms with Gasteiger partial charge in [-0.25, -0.2) is 4.68 Å². The van der Waals surface area contributed by atoms with E-state index in [-0.39, 0.29) is 16.5 Å². The van der Waals surface area contributed by atoms with Crippen molar-refractivity contribution >= 4 is 34.0 Å². The van der Waals surface area contributed by atoms with Crippen LogP contribution in [-0.4, -0.2) is 48.0 Å². The fourth-order valence-corrected chi connectivity index (χ4v) is 3.41. The molecule has 0 bridgehead atoms. The van der Waals surface area contributed by atoms with E-state index in [1.165, 1.54) is 12.1 Å². The first-order chi connectivity index (χ1) is 14.5. The predicted octanol–water partition coefficient (Wildman–Crippen LogP) is 0.235. The first-order valence-corrected chi connectivity index (χ1v) is 9.47. The van der Waals surface area contributed by atoms with Crippen molar-refractivity contribution in [3.8, 4) is 0 Å². The van der Waals surface area contributed by atoms with Crippen molar-refractivity contribution < 1.29 is 19.4 Å². The molecule has 1 N–H and O–H groups in total. The molecule has 30 heavy (non-hydrogen) atoms. The fraction of sp³-hybridized carbons (Fsp3) is 0.238.